The lowest BCUT2D eigenvalue weighted by Crippen LogP contribution is -2.37. The highest BCUT2D eigenvalue weighted by Gasteiger charge is 2.37. The summed E-state index contributed by atoms with van der Waals surface area (Å²) in [5.41, 5.74) is 0.220. The van der Waals surface area contributed by atoms with Gasteiger partial charge in [-0.15, -0.1) is 0 Å². The number of ether oxygens (including phenoxy) is 6. The molecule has 0 fully saturated rings. The first-order valence-corrected chi connectivity index (χ1v) is 10.3. The summed E-state index contributed by atoms with van der Waals surface area (Å²) in [5, 5.41) is 0.640. The standard InChI is InChI=1S/C24H22O10/c1-12(25)30-11-19-21(15-9-17(28-3)23(31-13(2)26)18(10-15)29-4)32-16-7-5-14-6-8-20(27)34-22(14)24(16)33-19/h5-10,19,21H,11H2,1-4H3/t19-,21-/m1/s1. The fourth-order valence-electron chi connectivity index (χ4n) is 3.63. The number of rotatable bonds is 6. The fourth-order valence-corrected chi connectivity index (χ4v) is 3.63. The number of carbonyl (C=O) groups excluding carboxylic acids is 2. The highest BCUT2D eigenvalue weighted by molar-refractivity contribution is 5.85. The average molecular weight is 470 g/mol. The maximum Gasteiger partial charge on any atom is 0.336 e. The monoisotopic (exact) mass is 470 g/mol. The van der Waals surface area contributed by atoms with E-state index < -0.39 is 29.8 Å². The molecular weight excluding hydrogens is 448 g/mol. The molecule has 34 heavy (non-hydrogen) atoms. The van der Waals surface area contributed by atoms with Crippen LogP contribution in [0.5, 0.6) is 28.7 Å². The van der Waals surface area contributed by atoms with Crippen LogP contribution in [0.2, 0.25) is 0 Å². The van der Waals surface area contributed by atoms with E-state index in [-0.39, 0.29) is 35.2 Å². The minimum Gasteiger partial charge on any atom is -0.493 e. The van der Waals surface area contributed by atoms with Gasteiger partial charge in [0.05, 0.1) is 14.2 Å². The Balaban J connectivity index is 1.82. The van der Waals surface area contributed by atoms with E-state index in [4.69, 9.17) is 32.8 Å². The number of methoxy groups -OCH3 is 2. The second kappa shape index (κ2) is 9.34. The van der Waals surface area contributed by atoms with Crippen molar-refractivity contribution in [3.8, 4) is 28.7 Å². The molecule has 0 radical (unpaired) electrons. The first-order valence-electron chi connectivity index (χ1n) is 10.3. The van der Waals surface area contributed by atoms with Crippen LogP contribution in [0.1, 0.15) is 25.5 Å². The molecule has 0 amide bonds. The number of hydrogen-bond donors (Lipinski definition) is 0. The number of esters is 2. The molecule has 2 atom stereocenters. The van der Waals surface area contributed by atoms with Crippen molar-refractivity contribution in [2.24, 2.45) is 0 Å². The zero-order chi connectivity index (χ0) is 24.4. The molecule has 0 N–H and O–H groups in total. The van der Waals surface area contributed by atoms with Gasteiger partial charge in [-0.25, -0.2) is 4.79 Å². The Labute approximate surface area is 193 Å². The van der Waals surface area contributed by atoms with Crippen LogP contribution < -0.4 is 29.3 Å². The van der Waals surface area contributed by atoms with Crippen LogP contribution in [0.15, 0.2) is 45.6 Å². The Hall–Kier alpha value is -4.21. The van der Waals surface area contributed by atoms with E-state index >= 15 is 0 Å². The highest BCUT2D eigenvalue weighted by Crippen LogP contribution is 2.47. The van der Waals surface area contributed by atoms with E-state index in [0.717, 1.165) is 0 Å². The van der Waals surface area contributed by atoms with Crippen LogP contribution in [0, 0.1) is 0 Å². The highest BCUT2D eigenvalue weighted by atomic mass is 16.6. The molecule has 10 heteroatoms. The normalized spacial score (nSPS) is 16.6. The van der Waals surface area contributed by atoms with Gasteiger partial charge in [-0.05, 0) is 30.3 Å². The maximum atomic E-state index is 11.8. The summed E-state index contributed by atoms with van der Waals surface area (Å²) >= 11 is 0. The number of benzene rings is 2. The Morgan fingerprint density at radius 3 is 2.24 bits per heavy atom. The van der Waals surface area contributed by atoms with E-state index in [0.29, 0.717) is 16.7 Å². The Bertz CT molecular complexity index is 1280. The van der Waals surface area contributed by atoms with E-state index in [1.165, 1.54) is 34.1 Å². The van der Waals surface area contributed by atoms with Gasteiger partial charge in [0.2, 0.25) is 11.5 Å². The van der Waals surface area contributed by atoms with Gasteiger partial charge >= 0.3 is 17.6 Å². The average Bonchev–Trinajstić information content (AvgIpc) is 2.81. The quantitative estimate of drug-likeness (QED) is 0.302. The van der Waals surface area contributed by atoms with E-state index in [1.54, 1.807) is 30.3 Å². The Kier molecular flexibility index (Phi) is 6.31. The van der Waals surface area contributed by atoms with Gasteiger partial charge in [-0.3, -0.25) is 9.59 Å². The number of hydrogen-bond acceptors (Lipinski definition) is 10. The lowest BCUT2D eigenvalue weighted by molar-refractivity contribution is -0.145. The number of carbonyl (C=O) groups is 2. The summed E-state index contributed by atoms with van der Waals surface area (Å²) in [6.45, 7) is 2.39. The van der Waals surface area contributed by atoms with Gasteiger partial charge in [-0.2, -0.15) is 0 Å². The van der Waals surface area contributed by atoms with Crippen molar-refractivity contribution in [2.75, 3.05) is 20.8 Å². The minimum absolute atomic E-state index is 0.114. The molecule has 0 bridgehead atoms. The third kappa shape index (κ3) is 4.47. The van der Waals surface area contributed by atoms with Gasteiger partial charge in [0.25, 0.3) is 0 Å². The van der Waals surface area contributed by atoms with Crippen molar-refractivity contribution < 1.29 is 42.4 Å². The summed E-state index contributed by atoms with van der Waals surface area (Å²) in [4.78, 5) is 34.9. The van der Waals surface area contributed by atoms with Crippen LogP contribution >= 0.6 is 0 Å². The lowest BCUT2D eigenvalue weighted by atomic mass is 10.0. The molecule has 1 aliphatic heterocycles. The molecule has 0 aliphatic carbocycles. The van der Waals surface area contributed by atoms with Gasteiger partial charge in [0.1, 0.15) is 6.61 Å². The predicted molar refractivity (Wildman–Crippen MR) is 118 cm³/mol. The van der Waals surface area contributed by atoms with Crippen LogP contribution in [-0.2, 0) is 14.3 Å². The van der Waals surface area contributed by atoms with E-state index in [1.807, 2.05) is 0 Å². The summed E-state index contributed by atoms with van der Waals surface area (Å²) < 4.78 is 39.0. The zero-order valence-corrected chi connectivity index (χ0v) is 18.9. The first-order chi connectivity index (χ1) is 16.3. The van der Waals surface area contributed by atoms with Crippen molar-refractivity contribution in [3.63, 3.8) is 0 Å². The fraction of sp³-hybridized carbons (Fsp3) is 0.292. The van der Waals surface area contributed by atoms with Crippen LogP contribution in [0.3, 0.4) is 0 Å². The van der Waals surface area contributed by atoms with Crippen molar-refractivity contribution in [2.45, 2.75) is 26.1 Å². The molecule has 10 nitrogen and oxygen atoms in total. The first kappa shape index (κ1) is 23.0. The third-order valence-corrected chi connectivity index (χ3v) is 5.08. The molecular formula is C24H22O10. The molecule has 4 rings (SSSR count). The lowest BCUT2D eigenvalue weighted by Gasteiger charge is -2.34. The van der Waals surface area contributed by atoms with Crippen LogP contribution in [0.25, 0.3) is 11.0 Å². The van der Waals surface area contributed by atoms with Gasteiger partial charge in [0.15, 0.2) is 35.0 Å². The molecule has 1 aliphatic rings. The summed E-state index contributed by atoms with van der Waals surface area (Å²) in [7, 11) is 2.84. The van der Waals surface area contributed by atoms with E-state index in [2.05, 4.69) is 0 Å². The molecule has 178 valence electrons. The van der Waals surface area contributed by atoms with Crippen molar-refractivity contribution in [3.05, 3.63) is 52.4 Å². The molecule has 2 heterocycles. The molecule has 0 unspecified atom stereocenters. The predicted octanol–water partition coefficient (Wildman–Crippen LogP) is 3.18. The third-order valence-electron chi connectivity index (χ3n) is 5.08. The molecule has 0 saturated carbocycles. The Morgan fingerprint density at radius 1 is 0.941 bits per heavy atom. The summed E-state index contributed by atoms with van der Waals surface area (Å²) in [5.74, 6) is 0.0775. The van der Waals surface area contributed by atoms with Crippen molar-refractivity contribution in [1.82, 2.24) is 0 Å². The molecule has 1 aromatic heterocycles. The zero-order valence-electron chi connectivity index (χ0n) is 18.9. The second-order valence-electron chi connectivity index (χ2n) is 7.41. The van der Waals surface area contributed by atoms with Crippen molar-refractivity contribution in [1.29, 1.82) is 0 Å². The Morgan fingerprint density at radius 2 is 1.62 bits per heavy atom. The summed E-state index contributed by atoms with van der Waals surface area (Å²) in [6, 6.07) is 9.56. The summed E-state index contributed by atoms with van der Waals surface area (Å²) in [6.07, 6.45) is -1.60. The second-order valence-corrected chi connectivity index (χ2v) is 7.41. The molecule has 2 aromatic carbocycles. The maximum absolute atomic E-state index is 11.8. The molecule has 0 saturated heterocycles. The SMILES string of the molecule is COc1cc([C@H]2Oc3ccc4ccc(=O)oc4c3O[C@@H]2COC(C)=O)cc(OC)c1OC(C)=O. The van der Waals surface area contributed by atoms with Crippen molar-refractivity contribution >= 4 is 22.9 Å². The van der Waals surface area contributed by atoms with Gasteiger partial charge < -0.3 is 32.8 Å². The van der Waals surface area contributed by atoms with Gasteiger partial charge in [0, 0.05) is 30.9 Å². The smallest absolute Gasteiger partial charge is 0.336 e. The van der Waals surface area contributed by atoms with Crippen LogP contribution in [-0.4, -0.2) is 38.9 Å². The molecule has 3 aromatic rings. The van der Waals surface area contributed by atoms with Crippen LogP contribution in [0.4, 0.5) is 0 Å². The minimum atomic E-state index is -0.818. The largest absolute Gasteiger partial charge is 0.493 e. The molecule has 0 spiro atoms. The van der Waals surface area contributed by atoms with E-state index in [9.17, 15) is 14.4 Å². The number of fused-ring (bicyclic) bond motifs is 3. The van der Waals surface area contributed by atoms with Gasteiger partial charge in [-0.1, -0.05) is 0 Å². The topological polar surface area (TPSA) is 120 Å².